The first kappa shape index (κ1) is 23.3. The second kappa shape index (κ2) is 10.8. The molecule has 0 aromatic heterocycles. The molecule has 0 atom stereocenters. The summed E-state index contributed by atoms with van der Waals surface area (Å²) in [6.07, 6.45) is 2.55. The third-order valence-corrected chi connectivity index (χ3v) is 6.16. The van der Waals surface area contributed by atoms with E-state index in [-0.39, 0.29) is 11.9 Å². The molecule has 4 heteroatoms. The lowest BCUT2D eigenvalue weighted by molar-refractivity contribution is -0.120. The van der Waals surface area contributed by atoms with Crippen LogP contribution in [0.4, 0.5) is 5.69 Å². The van der Waals surface area contributed by atoms with Gasteiger partial charge in [-0.2, -0.15) is 0 Å². The zero-order valence-corrected chi connectivity index (χ0v) is 19.8. The van der Waals surface area contributed by atoms with Gasteiger partial charge in [0.2, 0.25) is 5.91 Å². The van der Waals surface area contributed by atoms with E-state index in [9.17, 15) is 4.79 Å². The van der Waals surface area contributed by atoms with Crippen molar-refractivity contribution in [3.8, 4) is 5.75 Å². The van der Waals surface area contributed by atoms with Crippen molar-refractivity contribution in [3.05, 3.63) is 59.7 Å². The van der Waals surface area contributed by atoms with Crippen molar-refractivity contribution in [2.24, 2.45) is 5.92 Å². The summed E-state index contributed by atoms with van der Waals surface area (Å²) in [6, 6.07) is 17.2. The van der Waals surface area contributed by atoms with Crippen molar-refractivity contribution in [2.75, 3.05) is 25.1 Å². The SMILES string of the molecule is COc1cccc(N(C(=O)CC(C)C)C2CCN(Cc3ccc(C(C)C)cc3)CC2)c1. The van der Waals surface area contributed by atoms with Gasteiger partial charge in [0.15, 0.2) is 0 Å². The Hall–Kier alpha value is -2.33. The predicted molar refractivity (Wildman–Crippen MR) is 129 cm³/mol. The van der Waals surface area contributed by atoms with Gasteiger partial charge in [0.05, 0.1) is 7.11 Å². The summed E-state index contributed by atoms with van der Waals surface area (Å²) in [7, 11) is 1.67. The van der Waals surface area contributed by atoms with Crippen LogP contribution in [0.5, 0.6) is 5.75 Å². The molecule has 0 spiro atoms. The molecule has 0 unspecified atom stereocenters. The van der Waals surface area contributed by atoms with E-state index in [0.29, 0.717) is 18.3 Å². The van der Waals surface area contributed by atoms with Crippen LogP contribution in [0.1, 0.15) is 64.0 Å². The minimum Gasteiger partial charge on any atom is -0.497 e. The van der Waals surface area contributed by atoms with Crippen LogP contribution in [0.25, 0.3) is 0 Å². The minimum atomic E-state index is 0.214. The van der Waals surface area contributed by atoms with E-state index in [1.807, 2.05) is 29.2 Å². The van der Waals surface area contributed by atoms with E-state index in [4.69, 9.17) is 4.74 Å². The van der Waals surface area contributed by atoms with Gasteiger partial charge in [-0.3, -0.25) is 9.69 Å². The molecule has 0 N–H and O–H groups in total. The average Bonchev–Trinajstić information content (AvgIpc) is 2.75. The third-order valence-electron chi connectivity index (χ3n) is 6.16. The van der Waals surface area contributed by atoms with Crippen molar-refractivity contribution >= 4 is 11.6 Å². The Balaban J connectivity index is 1.67. The molecule has 168 valence electrons. The highest BCUT2D eigenvalue weighted by atomic mass is 16.5. The number of hydrogen-bond donors (Lipinski definition) is 0. The first-order valence-corrected chi connectivity index (χ1v) is 11.6. The number of rotatable bonds is 8. The third kappa shape index (κ3) is 6.33. The topological polar surface area (TPSA) is 32.8 Å². The highest BCUT2D eigenvalue weighted by Crippen LogP contribution is 2.29. The lowest BCUT2D eigenvalue weighted by atomic mass is 9.99. The van der Waals surface area contributed by atoms with Crippen LogP contribution in [0.3, 0.4) is 0 Å². The summed E-state index contributed by atoms with van der Waals surface area (Å²) in [5.74, 6) is 1.92. The van der Waals surface area contributed by atoms with E-state index < -0.39 is 0 Å². The van der Waals surface area contributed by atoms with Crippen LogP contribution in [0, 0.1) is 5.92 Å². The molecule has 3 rings (SSSR count). The van der Waals surface area contributed by atoms with Gasteiger partial charge >= 0.3 is 0 Å². The standard InChI is InChI=1S/C27H38N2O2/c1-20(2)17-27(30)29(25-7-6-8-26(18-25)31-5)24-13-15-28(16-14-24)19-22-9-11-23(12-10-22)21(3)4/h6-12,18,20-21,24H,13-17,19H2,1-5H3. The Morgan fingerprint density at radius 3 is 2.32 bits per heavy atom. The Labute approximate surface area is 188 Å². The number of amides is 1. The average molecular weight is 423 g/mol. The number of carbonyl (C=O) groups excluding carboxylic acids is 1. The van der Waals surface area contributed by atoms with Gasteiger partial charge in [-0.1, -0.05) is 58.0 Å². The molecule has 0 aliphatic carbocycles. The van der Waals surface area contributed by atoms with E-state index in [0.717, 1.165) is 43.9 Å². The number of nitrogens with zero attached hydrogens (tertiary/aromatic N) is 2. The second-order valence-electron chi connectivity index (χ2n) is 9.47. The van der Waals surface area contributed by atoms with Crippen LogP contribution in [0.15, 0.2) is 48.5 Å². The normalized spacial score (nSPS) is 15.5. The first-order valence-electron chi connectivity index (χ1n) is 11.6. The molecule has 0 bridgehead atoms. The van der Waals surface area contributed by atoms with Crippen LogP contribution in [-0.2, 0) is 11.3 Å². The summed E-state index contributed by atoms with van der Waals surface area (Å²) in [4.78, 5) is 17.7. The van der Waals surface area contributed by atoms with Crippen LogP contribution in [0.2, 0.25) is 0 Å². The van der Waals surface area contributed by atoms with Gasteiger partial charge in [0.25, 0.3) is 0 Å². The molecule has 1 heterocycles. The minimum absolute atomic E-state index is 0.214. The number of ether oxygens (including phenoxy) is 1. The molecule has 31 heavy (non-hydrogen) atoms. The van der Waals surface area contributed by atoms with E-state index in [1.54, 1.807) is 7.11 Å². The fourth-order valence-corrected chi connectivity index (χ4v) is 4.37. The summed E-state index contributed by atoms with van der Waals surface area (Å²) >= 11 is 0. The van der Waals surface area contributed by atoms with Gasteiger partial charge in [0.1, 0.15) is 5.75 Å². The molecule has 0 saturated carbocycles. The van der Waals surface area contributed by atoms with Gasteiger partial charge in [-0.25, -0.2) is 0 Å². The van der Waals surface area contributed by atoms with Crippen LogP contribution in [-0.4, -0.2) is 37.0 Å². The van der Waals surface area contributed by atoms with E-state index in [2.05, 4.69) is 56.9 Å². The molecule has 2 aromatic carbocycles. The van der Waals surface area contributed by atoms with Gasteiger partial charge in [-0.05, 0) is 47.9 Å². The van der Waals surface area contributed by atoms with Crippen molar-refractivity contribution in [3.63, 3.8) is 0 Å². The molecule has 1 aliphatic rings. The van der Waals surface area contributed by atoms with Gasteiger partial charge < -0.3 is 9.64 Å². The molecular formula is C27H38N2O2. The monoisotopic (exact) mass is 422 g/mol. The lowest BCUT2D eigenvalue weighted by Gasteiger charge is -2.39. The van der Waals surface area contributed by atoms with Crippen LogP contribution >= 0.6 is 0 Å². The smallest absolute Gasteiger partial charge is 0.227 e. The second-order valence-corrected chi connectivity index (χ2v) is 9.47. The number of benzene rings is 2. The zero-order chi connectivity index (χ0) is 22.4. The quantitative estimate of drug-likeness (QED) is 0.534. The molecule has 0 radical (unpaired) electrons. The number of likely N-dealkylation sites (tertiary alicyclic amines) is 1. The fraction of sp³-hybridized carbons (Fsp3) is 0.519. The summed E-state index contributed by atoms with van der Waals surface area (Å²) < 4.78 is 5.41. The van der Waals surface area contributed by atoms with Crippen molar-refractivity contribution in [2.45, 2.75) is 65.5 Å². The maximum Gasteiger partial charge on any atom is 0.227 e. The largest absolute Gasteiger partial charge is 0.497 e. The fourth-order valence-electron chi connectivity index (χ4n) is 4.37. The highest BCUT2D eigenvalue weighted by molar-refractivity contribution is 5.94. The summed E-state index contributed by atoms with van der Waals surface area (Å²) in [5, 5.41) is 0. The predicted octanol–water partition coefficient (Wildman–Crippen LogP) is 5.86. The lowest BCUT2D eigenvalue weighted by Crippen LogP contribution is -2.47. The number of piperidine rings is 1. The maximum absolute atomic E-state index is 13.2. The molecule has 1 saturated heterocycles. The van der Waals surface area contributed by atoms with Crippen molar-refractivity contribution in [1.29, 1.82) is 0 Å². The van der Waals surface area contributed by atoms with E-state index in [1.165, 1.54) is 11.1 Å². The molecule has 1 aliphatic heterocycles. The summed E-state index contributed by atoms with van der Waals surface area (Å²) in [5.41, 5.74) is 3.70. The Kier molecular flexibility index (Phi) is 8.14. The number of methoxy groups -OCH3 is 1. The van der Waals surface area contributed by atoms with Crippen molar-refractivity contribution in [1.82, 2.24) is 4.90 Å². The Morgan fingerprint density at radius 1 is 1.06 bits per heavy atom. The Bertz CT molecular complexity index is 837. The van der Waals surface area contributed by atoms with Gasteiger partial charge in [-0.15, -0.1) is 0 Å². The first-order chi connectivity index (χ1) is 14.9. The number of carbonyl (C=O) groups is 1. The number of anilines is 1. The zero-order valence-electron chi connectivity index (χ0n) is 19.8. The summed E-state index contributed by atoms with van der Waals surface area (Å²) in [6.45, 7) is 11.7. The maximum atomic E-state index is 13.2. The van der Waals surface area contributed by atoms with Crippen LogP contribution < -0.4 is 9.64 Å². The molecule has 1 fully saturated rings. The molecular weight excluding hydrogens is 384 g/mol. The van der Waals surface area contributed by atoms with E-state index >= 15 is 0 Å². The Morgan fingerprint density at radius 2 is 1.74 bits per heavy atom. The highest BCUT2D eigenvalue weighted by Gasteiger charge is 2.29. The molecule has 1 amide bonds. The van der Waals surface area contributed by atoms with Gasteiger partial charge in [0, 0.05) is 43.9 Å². The number of hydrogen-bond acceptors (Lipinski definition) is 3. The molecule has 4 nitrogen and oxygen atoms in total. The van der Waals surface area contributed by atoms with Crippen molar-refractivity contribution < 1.29 is 9.53 Å². The molecule has 2 aromatic rings.